The molecule has 358 valence electrons. The van der Waals surface area contributed by atoms with Gasteiger partial charge in [0.2, 0.25) is 0 Å². The quantitative estimate of drug-likeness (QED) is 0.154. The third-order valence-corrected chi connectivity index (χ3v) is 42.5. The van der Waals surface area contributed by atoms with Gasteiger partial charge in [-0.25, -0.2) is 0 Å². The average Bonchev–Trinajstić information content (AvgIpc) is 3.39. The van der Waals surface area contributed by atoms with Crippen LogP contribution in [0.3, 0.4) is 0 Å². The van der Waals surface area contributed by atoms with Crippen molar-refractivity contribution < 1.29 is 60.3 Å². The first-order valence-electron chi connectivity index (χ1n) is 22.7. The topological polar surface area (TPSA) is 173 Å². The summed E-state index contributed by atoms with van der Waals surface area (Å²) in [6.45, 7) is 0. The first-order chi connectivity index (χ1) is 34.4. The molecule has 4 N–H and O–H groups in total. The first kappa shape index (κ1) is 48.2. The van der Waals surface area contributed by atoms with E-state index in [0.29, 0.717) is 5.56 Å². The van der Waals surface area contributed by atoms with E-state index in [-0.39, 0.29) is 42.4 Å². The van der Waals surface area contributed by atoms with Crippen molar-refractivity contribution in [2.75, 3.05) is 0 Å². The molecule has 12 rings (SSSR count). The Hall–Kier alpha value is -5.06. The van der Waals surface area contributed by atoms with Crippen molar-refractivity contribution in [1.82, 2.24) is 0 Å². The monoisotopic (exact) mass is 1080 g/mol. The fourth-order valence-corrected chi connectivity index (χ4v) is 46.4. The van der Waals surface area contributed by atoms with Gasteiger partial charge in [0.1, 0.15) is 0 Å². The Morgan fingerprint density at radius 2 is 0.437 bits per heavy atom. The van der Waals surface area contributed by atoms with Gasteiger partial charge in [-0.15, -0.1) is 0 Å². The van der Waals surface area contributed by atoms with Crippen molar-refractivity contribution in [3.63, 3.8) is 0 Å². The molecule has 0 amide bonds. The van der Waals surface area contributed by atoms with E-state index in [2.05, 4.69) is 0 Å². The van der Waals surface area contributed by atoms with Gasteiger partial charge in [0.15, 0.2) is 0 Å². The summed E-state index contributed by atoms with van der Waals surface area (Å²) >= 11 is 0. The SMILES string of the molecule is O[Si]1(c2ccccc2)O[Si]2(Cc3ccccc3)O[Si](O)(c3ccccc3)O[Si](c3ccccc3)(O1)O[Si]1(c3ccccc3)O[Si](O)(c3ccccc3)O[Si](c3ccccc3)(O2)O[Si](O)(c2ccccc2)O1. The van der Waals surface area contributed by atoms with Gasteiger partial charge >= 0.3 is 70.4 Å². The molecular weight excluding hydrogens is 1040 g/mol. The zero-order valence-electron chi connectivity index (χ0n) is 37.7. The van der Waals surface area contributed by atoms with Crippen LogP contribution in [0.1, 0.15) is 5.56 Å². The molecule has 0 aliphatic carbocycles. The Morgan fingerprint density at radius 3 is 0.704 bits per heavy atom. The van der Waals surface area contributed by atoms with E-state index in [1.165, 1.54) is 0 Å². The zero-order valence-corrected chi connectivity index (χ0v) is 45.7. The van der Waals surface area contributed by atoms with Crippen molar-refractivity contribution in [2.24, 2.45) is 0 Å². The predicted octanol–water partition coefficient (Wildman–Crippen LogP) is 1.81. The Balaban J connectivity index is 1.33. The smallest absolute Gasteiger partial charge is 0.387 e. The van der Waals surface area contributed by atoms with Gasteiger partial charge in [-0.3, -0.25) is 0 Å². The molecule has 4 saturated heterocycles. The van der Waals surface area contributed by atoms with Gasteiger partial charge < -0.3 is 60.3 Å². The molecule has 4 atom stereocenters. The van der Waals surface area contributed by atoms with Crippen LogP contribution in [-0.4, -0.2) is 89.6 Å². The molecule has 8 aromatic carbocycles. The van der Waals surface area contributed by atoms with Crippen molar-refractivity contribution in [3.05, 3.63) is 248 Å². The van der Waals surface area contributed by atoms with E-state index in [0.717, 1.165) is 0 Å². The Labute approximate surface area is 418 Å². The van der Waals surface area contributed by atoms with Crippen LogP contribution >= 0.6 is 0 Å². The predicted molar refractivity (Wildman–Crippen MR) is 278 cm³/mol. The van der Waals surface area contributed by atoms with Crippen LogP contribution in [0.25, 0.3) is 0 Å². The number of fused-ring (bicyclic) bond motifs is 4. The first-order valence-corrected chi connectivity index (χ1v) is 36.9. The summed E-state index contributed by atoms with van der Waals surface area (Å²) in [5.74, 6) is 0. The minimum Gasteiger partial charge on any atom is -0.387 e. The molecule has 0 aromatic heterocycles. The average molecular weight is 1080 g/mol. The third-order valence-electron chi connectivity index (χ3n) is 12.0. The molecule has 4 bridgehead atoms. The molecule has 0 saturated carbocycles. The van der Waals surface area contributed by atoms with Crippen molar-refractivity contribution >= 4 is 107 Å². The standard InChI is InChI=1S/C49H46O14Si8/c50-65(43-27-11-2-12-28-43)54-64(41-42-25-9-1-10-26-42)55-66(51,44-29-13-3-14-30-44)58-70(57-65,48-37-21-7-22-38-48)63-71(49-39-23-8-24-40-49)61-67(52,45-31-15-4-16-32-45)59-69(56-64,47-35-19-6-20-36-47)60-68(53,62-71)46-33-17-5-18-34-46/h1-40,50-53H,41H2. The fraction of sp³-hybridized carbons (Fsp3) is 0.0204. The van der Waals surface area contributed by atoms with Crippen LogP contribution in [0.2, 0.25) is 0 Å². The summed E-state index contributed by atoms with van der Waals surface area (Å²) in [7, 11) is -42.0. The van der Waals surface area contributed by atoms with E-state index in [9.17, 15) is 19.2 Å². The highest BCUT2D eigenvalue weighted by atomic mass is 28.6. The van der Waals surface area contributed by atoms with Gasteiger partial charge in [-0.1, -0.05) is 243 Å². The maximum atomic E-state index is 13.9. The van der Waals surface area contributed by atoms with E-state index in [4.69, 9.17) is 41.2 Å². The fourth-order valence-electron chi connectivity index (χ4n) is 8.71. The molecule has 0 spiro atoms. The lowest BCUT2D eigenvalue weighted by atomic mass is 10.2. The van der Waals surface area contributed by atoms with E-state index < -0.39 is 70.4 Å². The van der Waals surface area contributed by atoms with Gasteiger partial charge in [-0.05, 0) is 5.56 Å². The van der Waals surface area contributed by atoms with Gasteiger partial charge in [0.05, 0.1) is 0 Å². The van der Waals surface area contributed by atoms with E-state index in [1.54, 1.807) is 212 Å². The summed E-state index contributed by atoms with van der Waals surface area (Å²) in [6.07, 6.45) is 0. The molecule has 8 aromatic rings. The van der Waals surface area contributed by atoms with Gasteiger partial charge in [0, 0.05) is 42.4 Å². The van der Waals surface area contributed by atoms with Crippen molar-refractivity contribution in [3.8, 4) is 0 Å². The maximum Gasteiger partial charge on any atom is 0.520 e. The summed E-state index contributed by atoms with van der Waals surface area (Å²) < 4.78 is 74.9. The second-order valence-corrected chi connectivity index (χ2v) is 38.8. The van der Waals surface area contributed by atoms with Crippen LogP contribution in [0.5, 0.6) is 0 Å². The molecule has 4 heterocycles. The van der Waals surface area contributed by atoms with Crippen LogP contribution in [0.15, 0.2) is 243 Å². The number of benzene rings is 8. The molecule has 14 nitrogen and oxygen atoms in total. The highest BCUT2D eigenvalue weighted by Crippen LogP contribution is 2.41. The minimum atomic E-state index is -5.34. The zero-order chi connectivity index (χ0) is 48.7. The van der Waals surface area contributed by atoms with E-state index >= 15 is 0 Å². The van der Waals surface area contributed by atoms with Crippen LogP contribution in [0.4, 0.5) is 0 Å². The summed E-state index contributed by atoms with van der Waals surface area (Å²) in [6, 6.07) is 68.7. The maximum absolute atomic E-state index is 13.9. The second kappa shape index (κ2) is 19.1. The molecule has 4 unspecified atom stereocenters. The molecule has 4 fully saturated rings. The lowest BCUT2D eigenvalue weighted by Crippen LogP contribution is -2.88. The summed E-state index contributed by atoms with van der Waals surface area (Å²) in [5.41, 5.74) is 0.584. The second-order valence-electron chi connectivity index (χ2n) is 16.9. The van der Waals surface area contributed by atoms with Gasteiger partial charge in [-0.2, -0.15) is 0 Å². The van der Waals surface area contributed by atoms with E-state index in [1.807, 2.05) is 30.3 Å². The van der Waals surface area contributed by atoms with Crippen molar-refractivity contribution in [2.45, 2.75) is 6.04 Å². The number of hydrogen-bond donors (Lipinski definition) is 4. The van der Waals surface area contributed by atoms with Crippen LogP contribution < -0.4 is 36.3 Å². The van der Waals surface area contributed by atoms with Crippen LogP contribution in [0, 0.1) is 0 Å². The lowest BCUT2D eigenvalue weighted by molar-refractivity contribution is 0.0396. The van der Waals surface area contributed by atoms with Gasteiger partial charge in [0.25, 0.3) is 0 Å². The molecule has 0 radical (unpaired) electrons. The molecule has 22 heteroatoms. The summed E-state index contributed by atoms with van der Waals surface area (Å²) in [4.78, 5) is 55.8. The summed E-state index contributed by atoms with van der Waals surface area (Å²) in [5, 5.41) is 1.39. The molecular formula is C49H46O14Si8. The molecule has 71 heavy (non-hydrogen) atoms. The minimum absolute atomic E-state index is 0.192. The van der Waals surface area contributed by atoms with Crippen molar-refractivity contribution in [1.29, 1.82) is 0 Å². The van der Waals surface area contributed by atoms with Crippen LogP contribution in [-0.2, 0) is 47.2 Å². The normalized spacial score (nSPS) is 31.9. The molecule has 4 aliphatic rings. The Morgan fingerprint density at radius 1 is 0.225 bits per heavy atom. The number of hydrogen-bond acceptors (Lipinski definition) is 14. The highest BCUT2D eigenvalue weighted by Gasteiger charge is 2.78. The third kappa shape index (κ3) is 9.34. The Bertz CT molecular complexity index is 2950. The largest absolute Gasteiger partial charge is 0.520 e. The lowest BCUT2D eigenvalue weighted by Gasteiger charge is -2.55. The number of rotatable bonds is 9. The Kier molecular flexibility index (Phi) is 13.0. The highest BCUT2D eigenvalue weighted by molar-refractivity contribution is 7.07. The molecule has 4 aliphatic heterocycles.